The molecule has 0 fully saturated rings. The smallest absolute Gasteiger partial charge is 0.251 e. The predicted octanol–water partition coefficient (Wildman–Crippen LogP) is 2.55. The standard InChI is InChI=1S/C10H11NOS/c1-8-7-12-10(11-8)13-9-5-3-2-4-6-9/h2-6,8H,7H2,1H3. The summed E-state index contributed by atoms with van der Waals surface area (Å²) in [6, 6.07) is 10.5. The number of benzene rings is 1. The molecule has 2 rings (SSSR count). The van der Waals surface area contributed by atoms with Gasteiger partial charge in [0.05, 0.1) is 6.04 Å². The molecule has 1 unspecified atom stereocenters. The number of aliphatic imine (C=N–C) groups is 1. The van der Waals surface area contributed by atoms with Gasteiger partial charge < -0.3 is 4.74 Å². The number of ether oxygens (including phenoxy) is 1. The van der Waals surface area contributed by atoms with Crippen LogP contribution in [0, 0.1) is 0 Å². The van der Waals surface area contributed by atoms with Crippen molar-refractivity contribution in [3.8, 4) is 0 Å². The van der Waals surface area contributed by atoms with E-state index in [0.717, 1.165) is 11.8 Å². The minimum atomic E-state index is 0.311. The lowest BCUT2D eigenvalue weighted by atomic mass is 10.4. The normalized spacial score (nSPS) is 21.0. The number of hydrogen-bond donors (Lipinski definition) is 0. The lowest BCUT2D eigenvalue weighted by Crippen LogP contribution is -1.98. The van der Waals surface area contributed by atoms with Crippen LogP contribution < -0.4 is 0 Å². The van der Waals surface area contributed by atoms with Crippen LogP contribution in [0.4, 0.5) is 0 Å². The third-order valence-corrected chi connectivity index (χ3v) is 2.63. The van der Waals surface area contributed by atoms with E-state index in [2.05, 4.69) is 24.0 Å². The maximum atomic E-state index is 5.38. The fourth-order valence-electron chi connectivity index (χ4n) is 1.09. The van der Waals surface area contributed by atoms with Gasteiger partial charge in [0.2, 0.25) is 0 Å². The van der Waals surface area contributed by atoms with E-state index in [9.17, 15) is 0 Å². The second-order valence-electron chi connectivity index (χ2n) is 2.97. The highest BCUT2D eigenvalue weighted by Crippen LogP contribution is 2.22. The van der Waals surface area contributed by atoms with E-state index in [1.165, 1.54) is 4.90 Å². The highest BCUT2D eigenvalue weighted by atomic mass is 32.2. The molecular weight excluding hydrogens is 182 g/mol. The molecule has 2 nitrogen and oxygen atoms in total. The first-order valence-corrected chi connectivity index (χ1v) is 5.10. The minimum absolute atomic E-state index is 0.311. The molecule has 0 N–H and O–H groups in total. The summed E-state index contributed by atoms with van der Waals surface area (Å²) in [6.07, 6.45) is 0. The molecule has 0 saturated carbocycles. The monoisotopic (exact) mass is 193 g/mol. The average molecular weight is 193 g/mol. The predicted molar refractivity (Wildman–Crippen MR) is 55.1 cm³/mol. The SMILES string of the molecule is CC1COC(Sc2ccccc2)=N1. The molecule has 1 aliphatic heterocycles. The number of thioether (sulfide) groups is 1. The van der Waals surface area contributed by atoms with Gasteiger partial charge in [-0.1, -0.05) is 18.2 Å². The molecule has 3 heteroatoms. The maximum absolute atomic E-state index is 5.38. The Bertz CT molecular complexity index is 310. The molecule has 0 aromatic heterocycles. The summed E-state index contributed by atoms with van der Waals surface area (Å²) in [7, 11) is 0. The van der Waals surface area contributed by atoms with Crippen LogP contribution in [0.1, 0.15) is 6.92 Å². The summed E-state index contributed by atoms with van der Waals surface area (Å²) in [5.41, 5.74) is 0. The van der Waals surface area contributed by atoms with Gasteiger partial charge in [-0.05, 0) is 30.8 Å². The first kappa shape index (κ1) is 8.63. The van der Waals surface area contributed by atoms with E-state index in [1.807, 2.05) is 18.2 Å². The third-order valence-electron chi connectivity index (χ3n) is 1.72. The molecule has 0 spiro atoms. The van der Waals surface area contributed by atoms with Gasteiger partial charge >= 0.3 is 0 Å². The van der Waals surface area contributed by atoms with E-state index < -0.39 is 0 Å². The van der Waals surface area contributed by atoms with Crippen molar-refractivity contribution in [2.75, 3.05) is 6.61 Å². The molecule has 1 aromatic carbocycles. The Morgan fingerprint density at radius 1 is 1.38 bits per heavy atom. The maximum Gasteiger partial charge on any atom is 0.251 e. The zero-order valence-corrected chi connectivity index (χ0v) is 8.25. The lowest BCUT2D eigenvalue weighted by Gasteiger charge is -1.99. The quantitative estimate of drug-likeness (QED) is 0.683. The van der Waals surface area contributed by atoms with Gasteiger partial charge in [-0.3, -0.25) is 0 Å². The van der Waals surface area contributed by atoms with Crippen molar-refractivity contribution in [2.45, 2.75) is 17.9 Å². The zero-order chi connectivity index (χ0) is 9.10. The van der Waals surface area contributed by atoms with Gasteiger partial charge in [-0.2, -0.15) is 0 Å². The van der Waals surface area contributed by atoms with Crippen LogP contribution >= 0.6 is 11.8 Å². The Kier molecular flexibility index (Phi) is 2.54. The molecule has 0 saturated heterocycles. The fraction of sp³-hybridized carbons (Fsp3) is 0.300. The molecule has 1 aromatic rings. The van der Waals surface area contributed by atoms with Crippen LogP contribution in [0.3, 0.4) is 0 Å². The summed E-state index contributed by atoms with van der Waals surface area (Å²) in [6.45, 7) is 2.77. The summed E-state index contributed by atoms with van der Waals surface area (Å²) < 4.78 is 5.38. The summed E-state index contributed by atoms with van der Waals surface area (Å²) in [4.78, 5) is 5.52. The van der Waals surface area contributed by atoms with Crippen LogP contribution in [0.5, 0.6) is 0 Å². The van der Waals surface area contributed by atoms with E-state index in [4.69, 9.17) is 4.74 Å². The van der Waals surface area contributed by atoms with E-state index >= 15 is 0 Å². The number of rotatable bonds is 1. The summed E-state index contributed by atoms with van der Waals surface area (Å²) >= 11 is 1.58. The average Bonchev–Trinajstić information content (AvgIpc) is 2.53. The minimum Gasteiger partial charge on any atom is -0.471 e. The van der Waals surface area contributed by atoms with Gasteiger partial charge in [0.25, 0.3) is 5.23 Å². The molecule has 0 amide bonds. The van der Waals surface area contributed by atoms with Crippen LogP contribution in [0.2, 0.25) is 0 Å². The second kappa shape index (κ2) is 3.83. The molecule has 0 bridgehead atoms. The Labute approximate surface area is 82.0 Å². The first-order valence-electron chi connectivity index (χ1n) is 4.28. The molecule has 1 atom stereocenters. The van der Waals surface area contributed by atoms with Crippen LogP contribution in [0.15, 0.2) is 40.2 Å². The van der Waals surface area contributed by atoms with Crippen LogP contribution in [-0.2, 0) is 4.74 Å². The molecule has 0 aliphatic carbocycles. The van der Waals surface area contributed by atoms with Crippen molar-refractivity contribution in [2.24, 2.45) is 4.99 Å². The van der Waals surface area contributed by atoms with Crippen molar-refractivity contribution >= 4 is 17.0 Å². The van der Waals surface area contributed by atoms with Gasteiger partial charge in [-0.15, -0.1) is 0 Å². The Balaban J connectivity index is 2.03. The van der Waals surface area contributed by atoms with Crippen molar-refractivity contribution in [1.82, 2.24) is 0 Å². The van der Waals surface area contributed by atoms with Gasteiger partial charge in [0.1, 0.15) is 6.61 Å². The molecule has 68 valence electrons. The van der Waals surface area contributed by atoms with Crippen LogP contribution in [-0.4, -0.2) is 17.9 Å². The highest BCUT2D eigenvalue weighted by Gasteiger charge is 2.14. The van der Waals surface area contributed by atoms with Crippen molar-refractivity contribution in [3.05, 3.63) is 30.3 Å². The van der Waals surface area contributed by atoms with E-state index in [-0.39, 0.29) is 0 Å². The lowest BCUT2D eigenvalue weighted by molar-refractivity contribution is 0.331. The van der Waals surface area contributed by atoms with Gasteiger partial charge in [0.15, 0.2) is 0 Å². The fourth-order valence-corrected chi connectivity index (χ4v) is 1.95. The van der Waals surface area contributed by atoms with Crippen LogP contribution in [0.25, 0.3) is 0 Å². The zero-order valence-electron chi connectivity index (χ0n) is 7.43. The van der Waals surface area contributed by atoms with E-state index in [1.54, 1.807) is 11.8 Å². The Morgan fingerprint density at radius 2 is 2.15 bits per heavy atom. The molecule has 1 aliphatic rings. The Hall–Kier alpha value is -0.960. The van der Waals surface area contributed by atoms with Crippen molar-refractivity contribution in [3.63, 3.8) is 0 Å². The topological polar surface area (TPSA) is 21.6 Å². The third kappa shape index (κ3) is 2.25. The Morgan fingerprint density at radius 3 is 2.77 bits per heavy atom. The number of nitrogens with zero attached hydrogens (tertiary/aromatic N) is 1. The van der Waals surface area contributed by atoms with Gasteiger partial charge in [-0.25, -0.2) is 4.99 Å². The molecular formula is C10H11NOS. The van der Waals surface area contributed by atoms with E-state index in [0.29, 0.717) is 6.04 Å². The molecule has 13 heavy (non-hydrogen) atoms. The first-order chi connectivity index (χ1) is 6.34. The van der Waals surface area contributed by atoms with Crippen molar-refractivity contribution < 1.29 is 4.74 Å². The van der Waals surface area contributed by atoms with Gasteiger partial charge in [0, 0.05) is 4.90 Å². The molecule has 1 heterocycles. The molecule has 0 radical (unpaired) electrons. The summed E-state index contributed by atoms with van der Waals surface area (Å²) in [5.74, 6) is 0. The highest BCUT2D eigenvalue weighted by molar-refractivity contribution is 8.13. The number of hydrogen-bond acceptors (Lipinski definition) is 3. The van der Waals surface area contributed by atoms with Crippen molar-refractivity contribution in [1.29, 1.82) is 0 Å². The second-order valence-corrected chi connectivity index (χ2v) is 3.99. The largest absolute Gasteiger partial charge is 0.471 e. The summed E-state index contributed by atoms with van der Waals surface area (Å²) in [5, 5.41) is 0.790.